The second-order valence-corrected chi connectivity index (χ2v) is 6.70. The average Bonchev–Trinajstić information content (AvgIpc) is 2.90. The first-order valence-corrected chi connectivity index (χ1v) is 7.58. The van der Waals surface area contributed by atoms with Gasteiger partial charge in [0.2, 0.25) is 5.89 Å². The molecule has 4 nitrogen and oxygen atoms in total. The Hall–Kier alpha value is -1.68. The third-order valence-corrected chi connectivity index (χ3v) is 4.64. The molecule has 3 atom stereocenters. The summed E-state index contributed by atoms with van der Waals surface area (Å²) in [4.78, 5) is 4.64. The van der Waals surface area contributed by atoms with E-state index in [1.54, 1.807) is 0 Å². The topological polar surface area (TPSA) is 51.0 Å². The number of nitrogens with zero attached hydrogens (tertiary/aromatic N) is 2. The molecule has 1 fully saturated rings. The average molecular weight is 285 g/mol. The van der Waals surface area contributed by atoms with Gasteiger partial charge in [0.15, 0.2) is 5.82 Å². The van der Waals surface area contributed by atoms with Crippen molar-refractivity contribution in [2.45, 2.75) is 45.1 Å². The fraction of sp³-hybridized carbons (Fsp3) is 0.529. The van der Waals surface area contributed by atoms with E-state index in [2.05, 4.69) is 60.5 Å². The van der Waals surface area contributed by atoms with E-state index in [1.165, 1.54) is 5.56 Å². The standard InChI is InChI=1S/C17H23N3O/c1-11(14(18-4)12-8-6-5-7-9-12)16-19-15(20-21-16)13-10-17(13,2)3/h5-9,11,13-14,18H,10H2,1-4H3. The Kier molecular flexibility index (Phi) is 3.57. The molecule has 0 radical (unpaired) electrons. The van der Waals surface area contributed by atoms with Gasteiger partial charge in [-0.15, -0.1) is 0 Å². The molecule has 3 rings (SSSR count). The fourth-order valence-corrected chi connectivity index (χ4v) is 2.99. The van der Waals surface area contributed by atoms with E-state index in [-0.39, 0.29) is 12.0 Å². The molecule has 21 heavy (non-hydrogen) atoms. The SMILES string of the molecule is CNC(c1ccccc1)C(C)c1nc(C2CC2(C)C)no1. The van der Waals surface area contributed by atoms with Gasteiger partial charge in [0.1, 0.15) is 0 Å². The molecule has 1 N–H and O–H groups in total. The van der Waals surface area contributed by atoms with E-state index in [4.69, 9.17) is 4.52 Å². The van der Waals surface area contributed by atoms with Gasteiger partial charge in [-0.2, -0.15) is 4.98 Å². The second kappa shape index (κ2) is 5.26. The Morgan fingerprint density at radius 2 is 1.95 bits per heavy atom. The summed E-state index contributed by atoms with van der Waals surface area (Å²) in [6, 6.07) is 10.6. The molecular weight excluding hydrogens is 262 g/mol. The highest BCUT2D eigenvalue weighted by atomic mass is 16.5. The lowest BCUT2D eigenvalue weighted by Gasteiger charge is -2.21. The van der Waals surface area contributed by atoms with Crippen molar-refractivity contribution in [2.24, 2.45) is 5.41 Å². The first kappa shape index (κ1) is 14.3. The van der Waals surface area contributed by atoms with Crippen molar-refractivity contribution in [2.75, 3.05) is 7.05 Å². The molecule has 1 heterocycles. The third-order valence-electron chi connectivity index (χ3n) is 4.64. The van der Waals surface area contributed by atoms with Gasteiger partial charge in [-0.05, 0) is 24.4 Å². The Labute approximate surface area is 126 Å². The van der Waals surface area contributed by atoms with Crippen LogP contribution >= 0.6 is 0 Å². The molecule has 1 saturated carbocycles. The van der Waals surface area contributed by atoms with Crippen molar-refractivity contribution in [1.29, 1.82) is 0 Å². The molecule has 1 aliphatic carbocycles. The Balaban J connectivity index is 1.79. The number of aromatic nitrogens is 2. The number of hydrogen-bond donors (Lipinski definition) is 1. The lowest BCUT2D eigenvalue weighted by atomic mass is 9.94. The molecule has 0 aliphatic heterocycles. The molecule has 4 heteroatoms. The molecular formula is C17H23N3O. The highest BCUT2D eigenvalue weighted by molar-refractivity contribution is 5.22. The Morgan fingerprint density at radius 1 is 1.29 bits per heavy atom. The van der Waals surface area contributed by atoms with Gasteiger partial charge in [0, 0.05) is 12.0 Å². The van der Waals surface area contributed by atoms with Crippen LogP contribution in [0.15, 0.2) is 34.9 Å². The lowest BCUT2D eigenvalue weighted by Crippen LogP contribution is -2.22. The summed E-state index contributed by atoms with van der Waals surface area (Å²) in [5.74, 6) is 2.17. The molecule has 0 spiro atoms. The summed E-state index contributed by atoms with van der Waals surface area (Å²) >= 11 is 0. The van der Waals surface area contributed by atoms with Crippen LogP contribution in [0.5, 0.6) is 0 Å². The van der Waals surface area contributed by atoms with E-state index in [0.29, 0.717) is 11.3 Å². The number of nitrogens with one attached hydrogen (secondary N) is 1. The van der Waals surface area contributed by atoms with Crippen molar-refractivity contribution in [3.8, 4) is 0 Å². The smallest absolute Gasteiger partial charge is 0.231 e. The summed E-state index contributed by atoms with van der Waals surface area (Å²) in [5, 5.41) is 7.55. The first-order valence-electron chi connectivity index (χ1n) is 7.58. The first-order chi connectivity index (χ1) is 10.0. The van der Waals surface area contributed by atoms with E-state index >= 15 is 0 Å². The van der Waals surface area contributed by atoms with Crippen molar-refractivity contribution >= 4 is 0 Å². The maximum Gasteiger partial charge on any atom is 0.231 e. The number of rotatable bonds is 5. The van der Waals surface area contributed by atoms with Crippen LogP contribution in [-0.2, 0) is 0 Å². The highest BCUT2D eigenvalue weighted by Crippen LogP contribution is 2.57. The van der Waals surface area contributed by atoms with Gasteiger partial charge in [0.05, 0.1) is 5.92 Å². The minimum absolute atomic E-state index is 0.139. The van der Waals surface area contributed by atoms with Crippen LogP contribution in [0.25, 0.3) is 0 Å². The summed E-state index contributed by atoms with van der Waals surface area (Å²) in [5.41, 5.74) is 1.56. The summed E-state index contributed by atoms with van der Waals surface area (Å²) < 4.78 is 5.52. The van der Waals surface area contributed by atoms with Gasteiger partial charge in [-0.3, -0.25) is 0 Å². The van der Waals surface area contributed by atoms with E-state index in [1.807, 2.05) is 13.1 Å². The van der Waals surface area contributed by atoms with Gasteiger partial charge in [-0.1, -0.05) is 56.3 Å². The number of benzene rings is 1. The maximum atomic E-state index is 5.52. The second-order valence-electron chi connectivity index (χ2n) is 6.70. The zero-order valence-corrected chi connectivity index (χ0v) is 13.1. The van der Waals surface area contributed by atoms with Crippen LogP contribution in [0.1, 0.15) is 62.3 Å². The molecule has 0 bridgehead atoms. The quantitative estimate of drug-likeness (QED) is 0.911. The molecule has 112 valence electrons. The molecule has 0 saturated heterocycles. The summed E-state index contributed by atoms with van der Waals surface area (Å²) in [6.45, 7) is 6.62. The van der Waals surface area contributed by atoms with E-state index < -0.39 is 0 Å². The molecule has 1 aromatic carbocycles. The van der Waals surface area contributed by atoms with Crippen LogP contribution < -0.4 is 5.32 Å². The van der Waals surface area contributed by atoms with Crippen molar-refractivity contribution in [3.63, 3.8) is 0 Å². The lowest BCUT2D eigenvalue weighted by molar-refractivity contribution is 0.328. The Bertz CT molecular complexity index is 606. The van der Waals surface area contributed by atoms with Gasteiger partial charge in [-0.25, -0.2) is 0 Å². The summed E-state index contributed by atoms with van der Waals surface area (Å²) in [7, 11) is 1.97. The Morgan fingerprint density at radius 3 is 2.52 bits per heavy atom. The van der Waals surface area contributed by atoms with Gasteiger partial charge < -0.3 is 9.84 Å². The van der Waals surface area contributed by atoms with Crippen LogP contribution in [-0.4, -0.2) is 17.2 Å². The zero-order chi connectivity index (χ0) is 15.0. The predicted molar refractivity (Wildman–Crippen MR) is 82.1 cm³/mol. The number of hydrogen-bond acceptors (Lipinski definition) is 4. The molecule has 1 aliphatic rings. The minimum atomic E-state index is 0.139. The third kappa shape index (κ3) is 2.72. The minimum Gasteiger partial charge on any atom is -0.339 e. The predicted octanol–water partition coefficient (Wildman–Crippen LogP) is 3.65. The van der Waals surface area contributed by atoms with Crippen molar-refractivity contribution < 1.29 is 4.52 Å². The van der Waals surface area contributed by atoms with E-state index in [0.717, 1.165) is 18.1 Å². The van der Waals surface area contributed by atoms with Crippen molar-refractivity contribution in [1.82, 2.24) is 15.5 Å². The normalized spacial score (nSPS) is 22.8. The molecule has 2 aromatic rings. The summed E-state index contributed by atoms with van der Waals surface area (Å²) in [6.07, 6.45) is 1.15. The number of likely N-dealkylation sites (N-methyl/N-ethyl adjacent to an activating group) is 1. The van der Waals surface area contributed by atoms with Crippen LogP contribution in [0.3, 0.4) is 0 Å². The zero-order valence-electron chi connectivity index (χ0n) is 13.1. The molecule has 3 unspecified atom stereocenters. The fourth-order valence-electron chi connectivity index (χ4n) is 2.99. The van der Waals surface area contributed by atoms with Gasteiger partial charge in [0.25, 0.3) is 0 Å². The monoisotopic (exact) mass is 285 g/mol. The van der Waals surface area contributed by atoms with Crippen LogP contribution in [0.4, 0.5) is 0 Å². The maximum absolute atomic E-state index is 5.52. The van der Waals surface area contributed by atoms with E-state index in [9.17, 15) is 0 Å². The highest BCUT2D eigenvalue weighted by Gasteiger charge is 2.49. The largest absolute Gasteiger partial charge is 0.339 e. The van der Waals surface area contributed by atoms with Crippen molar-refractivity contribution in [3.05, 3.63) is 47.6 Å². The molecule has 0 amide bonds. The van der Waals surface area contributed by atoms with Gasteiger partial charge >= 0.3 is 0 Å². The van der Waals surface area contributed by atoms with Crippen LogP contribution in [0, 0.1) is 5.41 Å². The molecule has 1 aromatic heterocycles. The van der Waals surface area contributed by atoms with Crippen LogP contribution in [0.2, 0.25) is 0 Å².